The Balaban J connectivity index is 2.44. The van der Waals surface area contributed by atoms with Crippen LogP contribution in [0.1, 0.15) is 17.2 Å². The zero-order valence-electron chi connectivity index (χ0n) is 9.33. The molecule has 2 rings (SSSR count). The summed E-state index contributed by atoms with van der Waals surface area (Å²) in [5.74, 6) is 4.72. The van der Waals surface area contributed by atoms with Crippen molar-refractivity contribution in [3.8, 4) is 0 Å². The summed E-state index contributed by atoms with van der Waals surface area (Å²) in [6.07, 6.45) is 0. The van der Waals surface area contributed by atoms with Crippen LogP contribution in [0.15, 0.2) is 42.5 Å². The van der Waals surface area contributed by atoms with Gasteiger partial charge < -0.3 is 0 Å². The van der Waals surface area contributed by atoms with E-state index in [1.165, 1.54) is 30.3 Å². The van der Waals surface area contributed by atoms with Gasteiger partial charge in [0.1, 0.15) is 11.6 Å². The molecule has 3 N–H and O–H groups in total. The Labute approximate surface area is 108 Å². The lowest BCUT2D eigenvalue weighted by Crippen LogP contribution is -2.29. The maximum atomic E-state index is 13.2. The maximum absolute atomic E-state index is 13.2. The largest absolute Gasteiger partial charge is 0.271 e. The number of halogens is 3. The highest BCUT2D eigenvalue weighted by atomic mass is 35.5. The van der Waals surface area contributed by atoms with Crippen LogP contribution in [0.2, 0.25) is 5.02 Å². The van der Waals surface area contributed by atoms with Crippen LogP contribution in [0, 0.1) is 11.6 Å². The fourth-order valence-corrected chi connectivity index (χ4v) is 1.98. The number of hydrazine groups is 1. The molecule has 1 atom stereocenters. The smallest absolute Gasteiger partial charge is 0.123 e. The van der Waals surface area contributed by atoms with Gasteiger partial charge in [-0.3, -0.25) is 5.84 Å². The molecule has 0 aliphatic rings. The van der Waals surface area contributed by atoms with Crippen molar-refractivity contribution < 1.29 is 8.78 Å². The van der Waals surface area contributed by atoms with Gasteiger partial charge in [-0.2, -0.15) is 0 Å². The van der Waals surface area contributed by atoms with Gasteiger partial charge in [-0.15, -0.1) is 0 Å². The normalized spacial score (nSPS) is 12.4. The van der Waals surface area contributed by atoms with E-state index in [-0.39, 0.29) is 5.82 Å². The molecular weight excluding hydrogens is 258 g/mol. The Hall–Kier alpha value is -1.49. The van der Waals surface area contributed by atoms with Gasteiger partial charge in [0.05, 0.1) is 6.04 Å². The van der Waals surface area contributed by atoms with Gasteiger partial charge in [0.15, 0.2) is 0 Å². The lowest BCUT2D eigenvalue weighted by atomic mass is 9.99. The van der Waals surface area contributed by atoms with E-state index in [2.05, 4.69) is 5.43 Å². The van der Waals surface area contributed by atoms with Crippen molar-refractivity contribution in [1.82, 2.24) is 5.43 Å². The molecule has 18 heavy (non-hydrogen) atoms. The molecular formula is C13H11ClF2N2. The van der Waals surface area contributed by atoms with Crippen molar-refractivity contribution in [3.63, 3.8) is 0 Å². The summed E-state index contributed by atoms with van der Waals surface area (Å²) in [6, 6.07) is 9.30. The average Bonchev–Trinajstić information content (AvgIpc) is 2.37. The molecule has 0 aromatic heterocycles. The summed E-state index contributed by atoms with van der Waals surface area (Å²) < 4.78 is 26.1. The SMILES string of the molecule is NNC(c1ccc(F)cc1)c1cc(F)ccc1Cl. The van der Waals surface area contributed by atoms with Crippen LogP contribution < -0.4 is 11.3 Å². The van der Waals surface area contributed by atoms with Crippen molar-refractivity contribution in [3.05, 3.63) is 70.2 Å². The molecule has 2 aromatic rings. The minimum Gasteiger partial charge on any atom is -0.271 e. The predicted octanol–water partition coefficient (Wildman–Crippen LogP) is 3.17. The van der Waals surface area contributed by atoms with Crippen LogP contribution in [0.4, 0.5) is 8.78 Å². The second-order valence-electron chi connectivity index (χ2n) is 3.82. The van der Waals surface area contributed by atoms with Crippen molar-refractivity contribution in [2.75, 3.05) is 0 Å². The van der Waals surface area contributed by atoms with Gasteiger partial charge in [-0.05, 0) is 41.5 Å². The fraction of sp³-hybridized carbons (Fsp3) is 0.0769. The van der Waals surface area contributed by atoms with Crippen molar-refractivity contribution in [2.24, 2.45) is 5.84 Å². The number of nitrogens with one attached hydrogen (secondary N) is 1. The molecule has 1 unspecified atom stereocenters. The third-order valence-corrected chi connectivity index (χ3v) is 2.98. The zero-order chi connectivity index (χ0) is 13.1. The van der Waals surface area contributed by atoms with Gasteiger partial charge in [0.25, 0.3) is 0 Å². The molecule has 0 fully saturated rings. The molecule has 0 heterocycles. The lowest BCUT2D eigenvalue weighted by Gasteiger charge is -2.18. The molecule has 5 heteroatoms. The Bertz CT molecular complexity index is 543. The number of benzene rings is 2. The first-order chi connectivity index (χ1) is 8.61. The van der Waals surface area contributed by atoms with E-state index in [1.54, 1.807) is 12.1 Å². The number of rotatable bonds is 3. The molecule has 0 aliphatic heterocycles. The molecule has 0 aliphatic carbocycles. The maximum Gasteiger partial charge on any atom is 0.123 e. The van der Waals surface area contributed by atoms with Crippen LogP contribution >= 0.6 is 11.6 Å². The van der Waals surface area contributed by atoms with Crippen molar-refractivity contribution in [2.45, 2.75) is 6.04 Å². The first kappa shape index (κ1) is 13.0. The van der Waals surface area contributed by atoms with E-state index in [4.69, 9.17) is 17.4 Å². The first-order valence-corrected chi connectivity index (χ1v) is 5.66. The number of nitrogens with two attached hydrogens (primary N) is 1. The summed E-state index contributed by atoms with van der Waals surface area (Å²) >= 11 is 6.01. The zero-order valence-corrected chi connectivity index (χ0v) is 10.1. The van der Waals surface area contributed by atoms with Crippen molar-refractivity contribution >= 4 is 11.6 Å². The van der Waals surface area contributed by atoms with E-state index >= 15 is 0 Å². The Morgan fingerprint density at radius 3 is 2.22 bits per heavy atom. The van der Waals surface area contributed by atoms with Gasteiger partial charge in [0.2, 0.25) is 0 Å². The molecule has 0 saturated carbocycles. The fourth-order valence-electron chi connectivity index (χ4n) is 1.76. The molecule has 0 spiro atoms. The predicted molar refractivity (Wildman–Crippen MR) is 67.0 cm³/mol. The van der Waals surface area contributed by atoms with Crippen LogP contribution in [0.25, 0.3) is 0 Å². The van der Waals surface area contributed by atoms with Crippen molar-refractivity contribution in [1.29, 1.82) is 0 Å². The summed E-state index contributed by atoms with van der Waals surface area (Å²) in [6.45, 7) is 0. The first-order valence-electron chi connectivity index (χ1n) is 5.28. The van der Waals surface area contributed by atoms with Crippen LogP contribution in [0.3, 0.4) is 0 Å². The van der Waals surface area contributed by atoms with E-state index < -0.39 is 11.9 Å². The molecule has 94 valence electrons. The molecule has 0 amide bonds. The highest BCUT2D eigenvalue weighted by Crippen LogP contribution is 2.28. The Morgan fingerprint density at radius 2 is 1.61 bits per heavy atom. The van der Waals surface area contributed by atoms with Gasteiger partial charge in [0, 0.05) is 5.02 Å². The van der Waals surface area contributed by atoms with Crippen LogP contribution in [0.5, 0.6) is 0 Å². The monoisotopic (exact) mass is 268 g/mol. The van der Waals surface area contributed by atoms with Crippen LogP contribution in [-0.4, -0.2) is 0 Å². The van der Waals surface area contributed by atoms with Gasteiger partial charge in [-0.1, -0.05) is 23.7 Å². The number of hydrogen-bond acceptors (Lipinski definition) is 2. The lowest BCUT2D eigenvalue weighted by molar-refractivity contribution is 0.601. The highest BCUT2D eigenvalue weighted by molar-refractivity contribution is 6.31. The summed E-state index contributed by atoms with van der Waals surface area (Å²) in [5.41, 5.74) is 3.75. The quantitative estimate of drug-likeness (QED) is 0.663. The van der Waals surface area contributed by atoms with Gasteiger partial charge in [-0.25, -0.2) is 14.2 Å². The summed E-state index contributed by atoms with van der Waals surface area (Å²) in [4.78, 5) is 0. The average molecular weight is 269 g/mol. The van der Waals surface area contributed by atoms with Gasteiger partial charge >= 0.3 is 0 Å². The standard InChI is InChI=1S/C13H11ClF2N2/c14-12-6-5-10(16)7-11(12)13(18-17)8-1-3-9(15)4-2-8/h1-7,13,18H,17H2. The Morgan fingerprint density at radius 1 is 1.00 bits per heavy atom. The highest BCUT2D eigenvalue weighted by Gasteiger charge is 2.16. The van der Waals surface area contributed by atoms with E-state index in [0.29, 0.717) is 16.1 Å². The second-order valence-corrected chi connectivity index (χ2v) is 4.22. The van der Waals surface area contributed by atoms with E-state index in [1.807, 2.05) is 0 Å². The second kappa shape index (κ2) is 5.44. The van der Waals surface area contributed by atoms with Crippen LogP contribution in [-0.2, 0) is 0 Å². The molecule has 0 saturated heterocycles. The minimum atomic E-state index is -0.492. The minimum absolute atomic E-state index is 0.347. The number of hydrogen-bond donors (Lipinski definition) is 2. The van der Waals surface area contributed by atoms with E-state index in [9.17, 15) is 8.78 Å². The summed E-state index contributed by atoms with van der Waals surface area (Å²) in [7, 11) is 0. The third kappa shape index (κ3) is 2.67. The molecule has 0 bridgehead atoms. The van der Waals surface area contributed by atoms with E-state index in [0.717, 1.165) is 0 Å². The Kier molecular flexibility index (Phi) is 3.91. The third-order valence-electron chi connectivity index (χ3n) is 2.64. The molecule has 0 radical (unpaired) electrons. The molecule has 2 nitrogen and oxygen atoms in total. The topological polar surface area (TPSA) is 38.0 Å². The molecule has 2 aromatic carbocycles. The summed E-state index contributed by atoms with van der Waals surface area (Å²) in [5, 5.41) is 0.392.